The highest BCUT2D eigenvalue weighted by molar-refractivity contribution is 5.89. The van der Waals surface area contributed by atoms with Gasteiger partial charge in [-0.1, -0.05) is 37.3 Å². The van der Waals surface area contributed by atoms with Gasteiger partial charge in [-0.3, -0.25) is 4.79 Å². The number of hydrogen-bond donors (Lipinski definition) is 0. The highest BCUT2D eigenvalue weighted by Crippen LogP contribution is 2.17. The molecule has 0 bridgehead atoms. The van der Waals surface area contributed by atoms with Gasteiger partial charge in [0.05, 0.1) is 0 Å². The molecule has 15 heavy (non-hydrogen) atoms. The average Bonchev–Trinajstić information content (AvgIpc) is 2.26. The fourth-order valence-corrected chi connectivity index (χ4v) is 1.44. The van der Waals surface area contributed by atoms with Crippen molar-refractivity contribution < 1.29 is 9.59 Å². The molecular weight excluding hydrogens is 188 g/mol. The summed E-state index contributed by atoms with van der Waals surface area (Å²) in [5.74, 6) is 0.102. The average molecular weight is 204 g/mol. The Hall–Kier alpha value is -1.44. The first-order chi connectivity index (χ1) is 7.11. The van der Waals surface area contributed by atoms with Gasteiger partial charge in [0.25, 0.3) is 0 Å². The second-order valence-electron chi connectivity index (χ2n) is 3.80. The first-order valence-electron chi connectivity index (χ1n) is 5.18. The molecule has 0 radical (unpaired) electrons. The Morgan fingerprint density at radius 1 is 1.13 bits per heavy atom. The molecule has 0 heterocycles. The van der Waals surface area contributed by atoms with Crippen LogP contribution in [0.25, 0.3) is 0 Å². The zero-order chi connectivity index (χ0) is 11.3. The lowest BCUT2D eigenvalue weighted by molar-refractivity contribution is -0.124. The van der Waals surface area contributed by atoms with Crippen LogP contribution in [-0.2, 0) is 9.59 Å². The number of carbonyl (C=O) groups excluding carboxylic acids is 2. The normalized spacial score (nSPS) is 12.1. The van der Waals surface area contributed by atoms with E-state index >= 15 is 0 Å². The number of rotatable bonds is 5. The van der Waals surface area contributed by atoms with Crippen molar-refractivity contribution in [1.82, 2.24) is 0 Å². The van der Waals surface area contributed by atoms with Gasteiger partial charge in [0, 0.05) is 18.8 Å². The Morgan fingerprint density at radius 2 is 1.73 bits per heavy atom. The zero-order valence-corrected chi connectivity index (χ0v) is 9.19. The van der Waals surface area contributed by atoms with Crippen LogP contribution in [0.5, 0.6) is 0 Å². The minimum atomic E-state index is -0.106. The molecule has 0 amide bonds. The molecule has 0 aliphatic rings. The minimum absolute atomic E-state index is 0.0728. The number of ketones is 2. The van der Waals surface area contributed by atoms with Gasteiger partial charge < -0.3 is 4.79 Å². The summed E-state index contributed by atoms with van der Waals surface area (Å²) in [5, 5.41) is 0. The van der Waals surface area contributed by atoms with Gasteiger partial charge in [0.2, 0.25) is 0 Å². The number of carbonyl (C=O) groups is 2. The lowest BCUT2D eigenvalue weighted by Crippen LogP contribution is -2.10. The van der Waals surface area contributed by atoms with Crippen LogP contribution in [-0.4, -0.2) is 11.6 Å². The molecule has 0 saturated carbocycles. The van der Waals surface area contributed by atoms with E-state index in [2.05, 4.69) is 0 Å². The van der Waals surface area contributed by atoms with Crippen molar-refractivity contribution in [3.05, 3.63) is 35.9 Å². The van der Waals surface area contributed by atoms with Crippen LogP contribution in [0.2, 0.25) is 0 Å². The van der Waals surface area contributed by atoms with Crippen molar-refractivity contribution in [3.8, 4) is 0 Å². The molecule has 1 aromatic carbocycles. The van der Waals surface area contributed by atoms with E-state index in [1.807, 2.05) is 37.3 Å². The maximum atomic E-state index is 11.7. The van der Waals surface area contributed by atoms with Crippen molar-refractivity contribution in [3.63, 3.8) is 0 Å². The van der Waals surface area contributed by atoms with Crippen molar-refractivity contribution in [1.29, 1.82) is 0 Å². The SMILES string of the molecule is CC(=O)CCC(=O)C(C)c1ccccc1. The summed E-state index contributed by atoms with van der Waals surface area (Å²) < 4.78 is 0. The van der Waals surface area contributed by atoms with Gasteiger partial charge in [-0.15, -0.1) is 0 Å². The molecule has 0 aliphatic heterocycles. The summed E-state index contributed by atoms with van der Waals surface area (Å²) in [7, 11) is 0. The maximum Gasteiger partial charge on any atom is 0.140 e. The van der Waals surface area contributed by atoms with Gasteiger partial charge in [-0.05, 0) is 12.5 Å². The second kappa shape index (κ2) is 5.44. The van der Waals surface area contributed by atoms with E-state index in [4.69, 9.17) is 0 Å². The predicted octanol–water partition coefficient (Wildman–Crippen LogP) is 2.73. The molecule has 0 saturated heterocycles. The fourth-order valence-electron chi connectivity index (χ4n) is 1.44. The Kier molecular flexibility index (Phi) is 4.22. The predicted molar refractivity (Wildman–Crippen MR) is 59.8 cm³/mol. The molecule has 2 heteroatoms. The van der Waals surface area contributed by atoms with Crippen LogP contribution in [0, 0.1) is 0 Å². The molecule has 0 fully saturated rings. The molecular formula is C13H16O2. The largest absolute Gasteiger partial charge is 0.300 e. The second-order valence-corrected chi connectivity index (χ2v) is 3.80. The van der Waals surface area contributed by atoms with Crippen LogP contribution >= 0.6 is 0 Å². The monoisotopic (exact) mass is 204 g/mol. The molecule has 1 atom stereocenters. The molecule has 1 unspecified atom stereocenters. The van der Waals surface area contributed by atoms with Crippen molar-refractivity contribution in [2.24, 2.45) is 0 Å². The van der Waals surface area contributed by atoms with Crippen molar-refractivity contribution in [2.45, 2.75) is 32.6 Å². The first kappa shape index (κ1) is 11.6. The molecule has 0 N–H and O–H groups in total. The summed E-state index contributed by atoms with van der Waals surface area (Å²) in [6.07, 6.45) is 0.710. The van der Waals surface area contributed by atoms with Gasteiger partial charge >= 0.3 is 0 Å². The lowest BCUT2D eigenvalue weighted by atomic mass is 9.94. The van der Waals surface area contributed by atoms with Gasteiger partial charge in [0.1, 0.15) is 11.6 Å². The maximum absolute atomic E-state index is 11.7. The first-order valence-corrected chi connectivity index (χ1v) is 5.18. The molecule has 0 spiro atoms. The van der Waals surface area contributed by atoms with Gasteiger partial charge in [-0.25, -0.2) is 0 Å². The Morgan fingerprint density at radius 3 is 2.27 bits per heavy atom. The van der Waals surface area contributed by atoms with E-state index in [-0.39, 0.29) is 17.5 Å². The number of Topliss-reactive ketones (excluding diaryl/α,β-unsaturated/α-hetero) is 2. The smallest absolute Gasteiger partial charge is 0.140 e. The Bertz CT molecular complexity index is 341. The van der Waals surface area contributed by atoms with Crippen LogP contribution in [0.15, 0.2) is 30.3 Å². The van der Waals surface area contributed by atoms with Crippen LogP contribution in [0.4, 0.5) is 0 Å². The van der Waals surface area contributed by atoms with E-state index in [1.165, 1.54) is 6.92 Å². The Balaban J connectivity index is 2.57. The summed E-state index contributed by atoms with van der Waals surface area (Å²) in [5.41, 5.74) is 1.02. The van der Waals surface area contributed by atoms with Crippen molar-refractivity contribution in [2.75, 3.05) is 0 Å². The van der Waals surface area contributed by atoms with Crippen LogP contribution in [0.3, 0.4) is 0 Å². The van der Waals surface area contributed by atoms with Crippen LogP contribution in [0.1, 0.15) is 38.2 Å². The minimum Gasteiger partial charge on any atom is -0.300 e. The topological polar surface area (TPSA) is 34.1 Å². The van der Waals surface area contributed by atoms with E-state index < -0.39 is 0 Å². The Labute approximate surface area is 90.3 Å². The molecule has 2 nitrogen and oxygen atoms in total. The van der Waals surface area contributed by atoms with Crippen molar-refractivity contribution >= 4 is 11.6 Å². The standard InChI is InChI=1S/C13H16O2/c1-10(14)8-9-13(15)11(2)12-6-4-3-5-7-12/h3-7,11H,8-9H2,1-2H3. The molecule has 0 aromatic heterocycles. The molecule has 80 valence electrons. The summed E-state index contributed by atoms with van der Waals surface area (Å²) >= 11 is 0. The highest BCUT2D eigenvalue weighted by Gasteiger charge is 2.14. The van der Waals surface area contributed by atoms with E-state index in [9.17, 15) is 9.59 Å². The molecule has 0 aliphatic carbocycles. The number of hydrogen-bond acceptors (Lipinski definition) is 2. The highest BCUT2D eigenvalue weighted by atomic mass is 16.1. The zero-order valence-electron chi connectivity index (χ0n) is 9.19. The summed E-state index contributed by atoms with van der Waals surface area (Å²) in [6, 6.07) is 9.65. The van der Waals surface area contributed by atoms with Gasteiger partial charge in [0.15, 0.2) is 0 Å². The van der Waals surface area contributed by atoms with Crippen LogP contribution < -0.4 is 0 Å². The van der Waals surface area contributed by atoms with Gasteiger partial charge in [-0.2, -0.15) is 0 Å². The molecule has 1 aromatic rings. The third-order valence-electron chi connectivity index (χ3n) is 2.51. The van der Waals surface area contributed by atoms with E-state index in [1.54, 1.807) is 0 Å². The van der Waals surface area contributed by atoms with E-state index in [0.717, 1.165) is 5.56 Å². The number of benzene rings is 1. The summed E-state index contributed by atoms with van der Waals surface area (Å²) in [4.78, 5) is 22.5. The third-order valence-corrected chi connectivity index (χ3v) is 2.51. The third kappa shape index (κ3) is 3.66. The lowest BCUT2D eigenvalue weighted by Gasteiger charge is -2.09. The molecule has 1 rings (SSSR count). The summed E-state index contributed by atoms with van der Waals surface area (Å²) in [6.45, 7) is 3.40. The van der Waals surface area contributed by atoms with E-state index in [0.29, 0.717) is 12.8 Å². The quantitative estimate of drug-likeness (QED) is 0.739. The fraction of sp³-hybridized carbons (Fsp3) is 0.385.